The van der Waals surface area contributed by atoms with Crippen LogP contribution in [0, 0.1) is 0 Å². The molecule has 2 N–H and O–H groups in total. The quantitative estimate of drug-likeness (QED) is 0.870. The van der Waals surface area contributed by atoms with E-state index in [-0.39, 0.29) is 11.7 Å². The minimum Gasteiger partial charge on any atom is -0.331 e. The number of amides is 2. The molecule has 1 aliphatic rings. The molecule has 2 amide bonds. The van der Waals surface area contributed by atoms with Crippen LogP contribution in [-0.2, 0) is 9.84 Å². The third-order valence-electron chi connectivity index (χ3n) is 2.40. The largest absolute Gasteiger partial charge is 0.331 e. The number of sulfone groups is 1. The summed E-state index contributed by atoms with van der Waals surface area (Å²) in [4.78, 5) is 11.6. The summed E-state index contributed by atoms with van der Waals surface area (Å²) < 4.78 is 22.4. The second-order valence-electron chi connectivity index (χ2n) is 4.46. The summed E-state index contributed by atoms with van der Waals surface area (Å²) in [6, 6.07) is -0.985. The van der Waals surface area contributed by atoms with Crippen LogP contribution in [0.5, 0.6) is 0 Å². The van der Waals surface area contributed by atoms with Gasteiger partial charge >= 0.3 is 6.03 Å². The van der Waals surface area contributed by atoms with Gasteiger partial charge in [-0.15, -0.1) is 10.2 Å². The molecule has 0 aliphatic carbocycles. The van der Waals surface area contributed by atoms with Gasteiger partial charge in [-0.1, -0.05) is 25.2 Å². The van der Waals surface area contributed by atoms with Gasteiger partial charge in [-0.3, -0.25) is 5.32 Å². The third kappa shape index (κ3) is 3.74. The number of carbonyl (C=O) groups excluding carboxylic acids is 1. The summed E-state index contributed by atoms with van der Waals surface area (Å²) in [5.41, 5.74) is 0. The second-order valence-corrected chi connectivity index (χ2v) is 7.40. The summed E-state index contributed by atoms with van der Waals surface area (Å²) in [6.45, 7) is 3.97. The van der Waals surface area contributed by atoms with Crippen molar-refractivity contribution >= 4 is 32.3 Å². The highest BCUT2D eigenvalue weighted by molar-refractivity contribution is 7.94. The molecule has 1 aromatic rings. The smallest absolute Gasteiger partial charge is 0.321 e. The molecule has 0 bridgehead atoms. The molecule has 104 valence electrons. The Hall–Kier alpha value is -1.48. The fourth-order valence-electron chi connectivity index (χ4n) is 1.49. The number of nitrogens with one attached hydrogen (secondary N) is 2. The van der Waals surface area contributed by atoms with Gasteiger partial charge in [-0.2, -0.15) is 0 Å². The number of aromatic nitrogens is 2. The molecule has 0 aromatic carbocycles. The Balaban J connectivity index is 1.89. The van der Waals surface area contributed by atoms with Crippen LogP contribution in [0.15, 0.2) is 11.5 Å². The Morgan fingerprint density at radius 1 is 1.47 bits per heavy atom. The number of hydrogen-bond acceptors (Lipinski definition) is 6. The average Bonchev–Trinajstić information content (AvgIpc) is 2.85. The predicted octanol–water partition coefficient (Wildman–Crippen LogP) is 1.09. The Bertz CT molecular complexity index is 606. The number of anilines is 1. The van der Waals surface area contributed by atoms with Crippen molar-refractivity contribution < 1.29 is 13.2 Å². The van der Waals surface area contributed by atoms with Gasteiger partial charge in [0.1, 0.15) is 5.01 Å². The minimum atomic E-state index is -3.17. The molecule has 0 saturated carbocycles. The van der Waals surface area contributed by atoms with E-state index in [1.807, 2.05) is 13.8 Å². The normalized spacial score (nSPS) is 20.7. The highest BCUT2D eigenvalue weighted by atomic mass is 32.2. The van der Waals surface area contributed by atoms with Crippen LogP contribution in [0.4, 0.5) is 9.93 Å². The summed E-state index contributed by atoms with van der Waals surface area (Å²) in [6.07, 6.45) is 1.45. The third-order valence-corrected chi connectivity index (χ3v) is 4.94. The summed E-state index contributed by atoms with van der Waals surface area (Å²) in [5.74, 6) is 0.146. The van der Waals surface area contributed by atoms with Crippen LogP contribution in [0.2, 0.25) is 0 Å². The van der Waals surface area contributed by atoms with Crippen molar-refractivity contribution in [2.45, 2.75) is 25.8 Å². The summed E-state index contributed by atoms with van der Waals surface area (Å²) >= 11 is 1.30. The van der Waals surface area contributed by atoms with E-state index in [2.05, 4.69) is 20.8 Å². The van der Waals surface area contributed by atoms with E-state index in [1.165, 1.54) is 17.4 Å². The number of rotatable bonds is 3. The number of hydrogen-bond donors (Lipinski definition) is 2. The Labute approximate surface area is 115 Å². The molecule has 7 nitrogen and oxygen atoms in total. The SMILES string of the molecule is CC(C)c1nnc(NC(=O)N[C@@H]2C=CS(=O)(=O)C2)s1. The van der Waals surface area contributed by atoms with Gasteiger partial charge in [0.2, 0.25) is 5.13 Å². The van der Waals surface area contributed by atoms with Crippen molar-refractivity contribution in [3.63, 3.8) is 0 Å². The zero-order valence-electron chi connectivity index (χ0n) is 10.5. The zero-order valence-corrected chi connectivity index (χ0v) is 12.1. The molecule has 2 rings (SSSR count). The van der Waals surface area contributed by atoms with E-state index in [0.29, 0.717) is 5.13 Å². The van der Waals surface area contributed by atoms with Gasteiger partial charge in [0.15, 0.2) is 9.84 Å². The molecule has 1 aromatic heterocycles. The highest BCUT2D eigenvalue weighted by Gasteiger charge is 2.23. The Morgan fingerprint density at radius 2 is 2.21 bits per heavy atom. The molecule has 19 heavy (non-hydrogen) atoms. The maximum atomic E-state index is 11.6. The summed E-state index contributed by atoms with van der Waals surface area (Å²) in [7, 11) is -3.17. The Kier molecular flexibility index (Phi) is 3.85. The van der Waals surface area contributed by atoms with Crippen molar-refractivity contribution in [2.75, 3.05) is 11.1 Å². The monoisotopic (exact) mass is 302 g/mol. The fraction of sp³-hybridized carbons (Fsp3) is 0.500. The minimum absolute atomic E-state index is 0.103. The molecule has 0 unspecified atom stereocenters. The van der Waals surface area contributed by atoms with Crippen molar-refractivity contribution in [1.29, 1.82) is 0 Å². The first-order valence-electron chi connectivity index (χ1n) is 5.67. The lowest BCUT2D eigenvalue weighted by atomic mass is 10.2. The van der Waals surface area contributed by atoms with Crippen LogP contribution in [0.1, 0.15) is 24.8 Å². The zero-order chi connectivity index (χ0) is 14.0. The molecule has 0 saturated heterocycles. The van der Waals surface area contributed by atoms with Crippen LogP contribution >= 0.6 is 11.3 Å². The lowest BCUT2D eigenvalue weighted by Gasteiger charge is -2.09. The van der Waals surface area contributed by atoms with Gasteiger partial charge in [0.25, 0.3) is 0 Å². The van der Waals surface area contributed by atoms with Gasteiger partial charge in [0, 0.05) is 11.3 Å². The lowest BCUT2D eigenvalue weighted by molar-refractivity contribution is 0.251. The molecule has 0 spiro atoms. The molecule has 9 heteroatoms. The van der Waals surface area contributed by atoms with Crippen LogP contribution in [0.25, 0.3) is 0 Å². The molecule has 2 heterocycles. The fourth-order valence-corrected chi connectivity index (χ4v) is 3.46. The van der Waals surface area contributed by atoms with Gasteiger partial charge in [-0.25, -0.2) is 13.2 Å². The summed E-state index contributed by atoms with van der Waals surface area (Å²) in [5, 5.41) is 15.2. The molecule has 1 atom stereocenters. The van der Waals surface area contributed by atoms with Crippen molar-refractivity contribution in [3.05, 3.63) is 16.5 Å². The van der Waals surface area contributed by atoms with Crippen molar-refractivity contribution in [3.8, 4) is 0 Å². The topological polar surface area (TPSA) is 101 Å². The highest BCUT2D eigenvalue weighted by Crippen LogP contribution is 2.22. The van der Waals surface area contributed by atoms with Crippen LogP contribution in [-0.4, -0.2) is 36.4 Å². The van der Waals surface area contributed by atoms with E-state index in [9.17, 15) is 13.2 Å². The molecule has 1 aliphatic heterocycles. The lowest BCUT2D eigenvalue weighted by Crippen LogP contribution is -2.38. The standard InChI is InChI=1S/C10H14N4O3S2/c1-6(2)8-13-14-10(18-8)12-9(15)11-7-3-4-19(16,17)5-7/h3-4,6-7H,5H2,1-2H3,(H2,11,12,14,15)/t7-/m1/s1. The van der Waals surface area contributed by atoms with E-state index in [4.69, 9.17) is 0 Å². The molecular weight excluding hydrogens is 288 g/mol. The maximum Gasteiger partial charge on any atom is 0.321 e. The molecular formula is C10H14N4O3S2. The average molecular weight is 302 g/mol. The van der Waals surface area contributed by atoms with Crippen LogP contribution in [0.3, 0.4) is 0 Å². The van der Waals surface area contributed by atoms with E-state index >= 15 is 0 Å². The first kappa shape index (κ1) is 13.9. The van der Waals surface area contributed by atoms with Gasteiger partial charge in [0.05, 0.1) is 11.8 Å². The molecule has 0 radical (unpaired) electrons. The van der Waals surface area contributed by atoms with Crippen molar-refractivity contribution in [2.24, 2.45) is 0 Å². The molecule has 0 fully saturated rings. The number of urea groups is 1. The first-order valence-corrected chi connectivity index (χ1v) is 8.21. The van der Waals surface area contributed by atoms with E-state index in [1.54, 1.807) is 0 Å². The second kappa shape index (κ2) is 5.25. The first-order chi connectivity index (χ1) is 8.85. The van der Waals surface area contributed by atoms with Gasteiger partial charge in [-0.05, 0) is 6.08 Å². The Morgan fingerprint density at radius 3 is 2.74 bits per heavy atom. The number of nitrogens with zero attached hydrogens (tertiary/aromatic N) is 2. The van der Waals surface area contributed by atoms with E-state index in [0.717, 1.165) is 10.4 Å². The van der Waals surface area contributed by atoms with Gasteiger partial charge < -0.3 is 5.32 Å². The number of carbonyl (C=O) groups is 1. The van der Waals surface area contributed by atoms with Crippen LogP contribution < -0.4 is 10.6 Å². The predicted molar refractivity (Wildman–Crippen MR) is 72.9 cm³/mol. The van der Waals surface area contributed by atoms with E-state index < -0.39 is 21.9 Å². The van der Waals surface area contributed by atoms with Crippen molar-refractivity contribution in [1.82, 2.24) is 15.5 Å². The maximum absolute atomic E-state index is 11.6.